The highest BCUT2D eigenvalue weighted by atomic mass is 19.2. The number of carbonyl (C=O) groups is 1. The van der Waals surface area contributed by atoms with Gasteiger partial charge in [0.05, 0.1) is 5.92 Å². The van der Waals surface area contributed by atoms with E-state index in [1.165, 1.54) is 17.2 Å². The van der Waals surface area contributed by atoms with Gasteiger partial charge in [0.2, 0.25) is 0 Å². The predicted molar refractivity (Wildman–Crippen MR) is 88.5 cm³/mol. The van der Waals surface area contributed by atoms with E-state index in [2.05, 4.69) is 20.8 Å². The minimum absolute atomic E-state index is 0.0521. The van der Waals surface area contributed by atoms with Crippen molar-refractivity contribution in [1.29, 1.82) is 0 Å². The van der Waals surface area contributed by atoms with Crippen LogP contribution in [0.3, 0.4) is 0 Å². The third-order valence-corrected chi connectivity index (χ3v) is 5.28. The van der Waals surface area contributed by atoms with E-state index in [-0.39, 0.29) is 23.9 Å². The summed E-state index contributed by atoms with van der Waals surface area (Å²) in [6, 6.07) is 3.87. The van der Waals surface area contributed by atoms with E-state index >= 15 is 0 Å². The van der Waals surface area contributed by atoms with E-state index in [4.69, 9.17) is 4.74 Å². The molecule has 4 atom stereocenters. The van der Waals surface area contributed by atoms with Crippen molar-refractivity contribution in [2.45, 2.75) is 58.5 Å². The Kier molecular flexibility index (Phi) is 4.75. The van der Waals surface area contributed by atoms with Crippen molar-refractivity contribution < 1.29 is 18.3 Å². The van der Waals surface area contributed by atoms with Crippen LogP contribution >= 0.6 is 0 Å². The van der Waals surface area contributed by atoms with E-state index in [1.807, 2.05) is 0 Å². The average Bonchev–Trinajstić information content (AvgIpc) is 3.30. The number of allylic oxidation sites excluding steroid dienone is 1. The summed E-state index contributed by atoms with van der Waals surface area (Å²) in [7, 11) is 0. The van der Waals surface area contributed by atoms with E-state index < -0.39 is 11.6 Å². The molecule has 2 saturated carbocycles. The zero-order chi connectivity index (χ0) is 17.4. The van der Waals surface area contributed by atoms with Crippen LogP contribution in [-0.4, -0.2) is 12.1 Å². The van der Waals surface area contributed by atoms with E-state index in [9.17, 15) is 13.6 Å². The third kappa shape index (κ3) is 3.52. The van der Waals surface area contributed by atoms with Gasteiger partial charge in [0, 0.05) is 0 Å². The first-order chi connectivity index (χ1) is 11.4. The van der Waals surface area contributed by atoms with Gasteiger partial charge in [0.1, 0.15) is 6.10 Å². The lowest BCUT2D eigenvalue weighted by molar-refractivity contribution is -0.150. The zero-order valence-corrected chi connectivity index (χ0v) is 14.4. The molecule has 2 aliphatic rings. The van der Waals surface area contributed by atoms with E-state index in [1.54, 1.807) is 6.07 Å². The molecule has 0 N–H and O–H groups in total. The first-order valence-corrected chi connectivity index (χ1v) is 8.68. The average molecular weight is 334 g/mol. The summed E-state index contributed by atoms with van der Waals surface area (Å²) in [6.07, 6.45) is 3.51. The standard InChI is InChI=1S/C20H24F2O2/c1-11(2)14-6-4-12(3)8-19(14)24-20(23)16-10-15(16)13-5-7-17(21)18(22)9-13/h5,7,9,12,15-16,19H,4,6,8,10H2,1-3H3/t12-,15+,16-,19-/m1/s1. The second kappa shape index (κ2) is 6.66. The Balaban J connectivity index is 1.65. The molecule has 0 spiro atoms. The van der Waals surface area contributed by atoms with Crippen molar-refractivity contribution in [1.82, 2.24) is 0 Å². The number of ether oxygens (including phenoxy) is 1. The summed E-state index contributed by atoms with van der Waals surface area (Å²) in [4.78, 5) is 12.5. The van der Waals surface area contributed by atoms with Gasteiger partial charge in [-0.05, 0) is 74.6 Å². The lowest BCUT2D eigenvalue weighted by Crippen LogP contribution is -2.28. The first-order valence-electron chi connectivity index (χ1n) is 8.68. The lowest BCUT2D eigenvalue weighted by Gasteiger charge is -2.30. The molecule has 0 bridgehead atoms. The molecule has 2 aliphatic carbocycles. The highest BCUT2D eigenvalue weighted by Crippen LogP contribution is 2.49. The molecule has 0 aromatic heterocycles. The fourth-order valence-corrected chi connectivity index (χ4v) is 3.67. The van der Waals surface area contributed by atoms with Gasteiger partial charge in [0.25, 0.3) is 0 Å². The summed E-state index contributed by atoms with van der Waals surface area (Å²) in [5.41, 5.74) is 3.15. The number of hydrogen-bond acceptors (Lipinski definition) is 2. The maximum atomic E-state index is 13.4. The highest BCUT2D eigenvalue weighted by molar-refractivity contribution is 5.77. The Hall–Kier alpha value is -1.71. The summed E-state index contributed by atoms with van der Waals surface area (Å²) in [6.45, 7) is 6.31. The van der Waals surface area contributed by atoms with Crippen molar-refractivity contribution in [3.63, 3.8) is 0 Å². The summed E-state index contributed by atoms with van der Waals surface area (Å²) < 4.78 is 32.2. The highest BCUT2D eigenvalue weighted by Gasteiger charge is 2.46. The number of hydrogen-bond donors (Lipinski definition) is 0. The molecule has 1 aromatic rings. The second-order valence-corrected chi connectivity index (χ2v) is 7.45. The molecule has 24 heavy (non-hydrogen) atoms. The number of benzene rings is 1. The molecule has 2 nitrogen and oxygen atoms in total. The van der Waals surface area contributed by atoms with Crippen LogP contribution in [0.5, 0.6) is 0 Å². The van der Waals surface area contributed by atoms with Gasteiger partial charge in [-0.1, -0.05) is 18.6 Å². The molecular formula is C20H24F2O2. The molecule has 4 heteroatoms. The molecular weight excluding hydrogens is 310 g/mol. The molecule has 3 rings (SSSR count). The Labute approximate surface area is 141 Å². The molecule has 2 fully saturated rings. The molecule has 0 heterocycles. The van der Waals surface area contributed by atoms with E-state index in [0.717, 1.165) is 25.3 Å². The molecule has 0 radical (unpaired) electrons. The number of esters is 1. The van der Waals surface area contributed by atoms with Crippen LogP contribution in [0.1, 0.15) is 57.9 Å². The molecule has 130 valence electrons. The first kappa shape index (κ1) is 17.1. The Morgan fingerprint density at radius 3 is 2.58 bits per heavy atom. The van der Waals surface area contributed by atoms with Crippen LogP contribution in [0.2, 0.25) is 0 Å². The molecule has 0 amide bonds. The van der Waals surface area contributed by atoms with Gasteiger partial charge >= 0.3 is 5.97 Å². The molecule has 0 unspecified atom stereocenters. The topological polar surface area (TPSA) is 26.3 Å². The number of halogens is 2. The maximum absolute atomic E-state index is 13.4. The van der Waals surface area contributed by atoms with Crippen LogP contribution < -0.4 is 0 Å². The quantitative estimate of drug-likeness (QED) is 0.565. The van der Waals surface area contributed by atoms with Crippen molar-refractivity contribution in [2.75, 3.05) is 0 Å². The monoisotopic (exact) mass is 334 g/mol. The Morgan fingerprint density at radius 1 is 1.17 bits per heavy atom. The smallest absolute Gasteiger partial charge is 0.310 e. The normalized spacial score (nSPS) is 29.3. The second-order valence-electron chi connectivity index (χ2n) is 7.45. The lowest BCUT2D eigenvalue weighted by atomic mass is 9.83. The largest absolute Gasteiger partial charge is 0.458 e. The number of rotatable bonds is 3. The Bertz CT molecular complexity index is 676. The summed E-state index contributed by atoms with van der Waals surface area (Å²) in [5.74, 6) is -1.66. The fraction of sp³-hybridized carbons (Fsp3) is 0.550. The molecule has 1 aromatic carbocycles. The zero-order valence-electron chi connectivity index (χ0n) is 14.4. The van der Waals surface area contributed by atoms with Gasteiger partial charge in [0.15, 0.2) is 11.6 Å². The van der Waals surface area contributed by atoms with Crippen molar-refractivity contribution in [2.24, 2.45) is 11.8 Å². The molecule has 0 saturated heterocycles. The summed E-state index contributed by atoms with van der Waals surface area (Å²) >= 11 is 0. The van der Waals surface area contributed by atoms with Gasteiger partial charge in [-0.3, -0.25) is 4.79 Å². The van der Waals surface area contributed by atoms with Gasteiger partial charge < -0.3 is 4.74 Å². The predicted octanol–water partition coefficient (Wildman–Crippen LogP) is 5.14. The SMILES string of the molecule is CC(C)=C1CC[C@@H](C)C[C@H]1OC(=O)[C@@H]1C[C@H]1c1ccc(F)c(F)c1. The maximum Gasteiger partial charge on any atom is 0.310 e. The van der Waals surface area contributed by atoms with Crippen LogP contribution in [0.15, 0.2) is 29.3 Å². The van der Waals surface area contributed by atoms with Crippen LogP contribution in [0.25, 0.3) is 0 Å². The summed E-state index contributed by atoms with van der Waals surface area (Å²) in [5, 5.41) is 0. The number of carbonyl (C=O) groups excluding carboxylic acids is 1. The van der Waals surface area contributed by atoms with Crippen molar-refractivity contribution in [3.8, 4) is 0 Å². The van der Waals surface area contributed by atoms with E-state index in [0.29, 0.717) is 17.9 Å². The molecule has 0 aliphatic heterocycles. The van der Waals surface area contributed by atoms with Crippen molar-refractivity contribution >= 4 is 5.97 Å². The minimum Gasteiger partial charge on any atom is -0.458 e. The van der Waals surface area contributed by atoms with Crippen molar-refractivity contribution in [3.05, 3.63) is 46.5 Å². The van der Waals surface area contributed by atoms with Gasteiger partial charge in [-0.25, -0.2) is 8.78 Å². The third-order valence-electron chi connectivity index (χ3n) is 5.28. The van der Waals surface area contributed by atoms with Crippen LogP contribution in [-0.2, 0) is 9.53 Å². The fourth-order valence-electron chi connectivity index (χ4n) is 3.67. The van der Waals surface area contributed by atoms with Crippen LogP contribution in [0.4, 0.5) is 8.78 Å². The minimum atomic E-state index is -0.862. The van der Waals surface area contributed by atoms with Gasteiger partial charge in [-0.15, -0.1) is 0 Å². The van der Waals surface area contributed by atoms with Crippen LogP contribution in [0, 0.1) is 23.5 Å². The van der Waals surface area contributed by atoms with Gasteiger partial charge in [-0.2, -0.15) is 0 Å². The Morgan fingerprint density at radius 2 is 1.92 bits per heavy atom.